The molecule has 0 atom stereocenters. The molecule has 1 fully saturated rings. The Morgan fingerprint density at radius 2 is 2.00 bits per heavy atom. The number of likely N-dealkylation sites (N-methyl/N-ethyl adjacent to an activating group) is 1. The van der Waals surface area contributed by atoms with Gasteiger partial charge in [-0.25, -0.2) is 0 Å². The molecule has 2 heterocycles. The van der Waals surface area contributed by atoms with Gasteiger partial charge in [0.2, 0.25) is 0 Å². The molecule has 1 aromatic carbocycles. The van der Waals surface area contributed by atoms with Gasteiger partial charge in [-0.05, 0) is 18.2 Å². The number of quaternary nitrogens is 1. The molecule has 1 aliphatic heterocycles. The Labute approximate surface area is 155 Å². The predicted molar refractivity (Wildman–Crippen MR) is 95.8 cm³/mol. The maximum Gasteiger partial charge on any atom is 0.274 e. The molecule has 2 aromatic rings. The number of piperazine rings is 1. The zero-order valence-corrected chi connectivity index (χ0v) is 15.3. The van der Waals surface area contributed by atoms with E-state index in [0.717, 1.165) is 38.1 Å². The van der Waals surface area contributed by atoms with E-state index in [1.807, 2.05) is 6.07 Å². The Hall–Kier alpha value is -2.58. The van der Waals surface area contributed by atoms with Crippen molar-refractivity contribution in [2.75, 3.05) is 43.4 Å². The Morgan fingerprint density at radius 1 is 1.31 bits per heavy atom. The molecule has 1 aliphatic rings. The number of aromatic nitrogens is 2. The number of amides is 1. The van der Waals surface area contributed by atoms with Gasteiger partial charge >= 0.3 is 0 Å². The number of carboxylic acids is 1. The lowest BCUT2D eigenvalue weighted by atomic mass is 10.2. The maximum atomic E-state index is 12.4. The standard InChI is InChI=1S/C17H20ClN5O3/c1-21-5-7-23(8-6-21)14-4-3-11(9-13(14)18)20-16(24)15-12(17(25)26)10-19-22(15)2/h3-4,9-10H,5-8H2,1-2H3,(H,20,24)(H,25,26). The third-order valence-electron chi connectivity index (χ3n) is 4.54. The molecule has 0 unspecified atom stereocenters. The highest BCUT2D eigenvalue weighted by atomic mass is 35.5. The highest BCUT2D eigenvalue weighted by Gasteiger charge is 2.21. The van der Waals surface area contributed by atoms with Crippen molar-refractivity contribution in [3.05, 3.63) is 40.7 Å². The molecule has 9 heteroatoms. The Kier molecular flexibility index (Phi) is 5.15. The zero-order valence-electron chi connectivity index (χ0n) is 14.6. The molecule has 1 saturated heterocycles. The van der Waals surface area contributed by atoms with Crippen LogP contribution in [0.1, 0.15) is 20.8 Å². The van der Waals surface area contributed by atoms with Crippen LogP contribution in [0.3, 0.4) is 0 Å². The van der Waals surface area contributed by atoms with E-state index in [1.54, 1.807) is 12.1 Å². The van der Waals surface area contributed by atoms with Crippen molar-refractivity contribution >= 4 is 34.9 Å². The van der Waals surface area contributed by atoms with Crippen molar-refractivity contribution < 1.29 is 19.6 Å². The van der Waals surface area contributed by atoms with Crippen LogP contribution in [-0.2, 0) is 7.05 Å². The summed E-state index contributed by atoms with van der Waals surface area (Å²) in [6.07, 6.45) is 1.09. The van der Waals surface area contributed by atoms with Crippen LogP contribution in [0.15, 0.2) is 24.4 Å². The number of anilines is 2. The fourth-order valence-corrected chi connectivity index (χ4v) is 3.32. The molecule has 1 aromatic heterocycles. The average molecular weight is 378 g/mol. The minimum absolute atomic E-state index is 0.0766. The van der Waals surface area contributed by atoms with E-state index in [2.05, 4.69) is 22.4 Å². The predicted octanol–water partition coefficient (Wildman–Crippen LogP) is -0.976. The highest BCUT2D eigenvalue weighted by Crippen LogP contribution is 2.29. The first-order chi connectivity index (χ1) is 12.4. The first kappa shape index (κ1) is 18.2. The van der Waals surface area contributed by atoms with E-state index in [4.69, 9.17) is 11.6 Å². The van der Waals surface area contributed by atoms with E-state index in [-0.39, 0.29) is 11.3 Å². The van der Waals surface area contributed by atoms with Gasteiger partial charge in [0.15, 0.2) is 0 Å². The van der Waals surface area contributed by atoms with Crippen LogP contribution in [-0.4, -0.2) is 54.9 Å². The summed E-state index contributed by atoms with van der Waals surface area (Å²) in [5.41, 5.74) is 1.07. The Balaban J connectivity index is 1.77. The van der Waals surface area contributed by atoms with Gasteiger partial charge in [0.25, 0.3) is 5.91 Å². The quantitative estimate of drug-likeness (QED) is 0.714. The molecule has 8 nitrogen and oxygen atoms in total. The van der Waals surface area contributed by atoms with Crippen LogP contribution in [0.4, 0.5) is 11.4 Å². The van der Waals surface area contributed by atoms with Gasteiger partial charge in [-0.3, -0.25) is 9.48 Å². The molecule has 1 amide bonds. The number of hydrogen-bond donors (Lipinski definition) is 2. The number of nitrogens with one attached hydrogen (secondary N) is 2. The van der Waals surface area contributed by atoms with Crippen molar-refractivity contribution in [2.45, 2.75) is 0 Å². The first-order valence-corrected chi connectivity index (χ1v) is 8.65. The number of hydrogen-bond acceptors (Lipinski definition) is 5. The second-order valence-corrected chi connectivity index (χ2v) is 6.79. The maximum absolute atomic E-state index is 12.4. The van der Waals surface area contributed by atoms with Gasteiger partial charge in [-0.1, -0.05) is 11.6 Å². The number of nitrogens with zero attached hydrogens (tertiary/aromatic N) is 3. The summed E-state index contributed by atoms with van der Waals surface area (Å²) in [7, 11) is 3.66. The third kappa shape index (κ3) is 3.66. The summed E-state index contributed by atoms with van der Waals surface area (Å²) < 4.78 is 1.20. The van der Waals surface area contributed by atoms with E-state index >= 15 is 0 Å². The number of halogens is 1. The van der Waals surface area contributed by atoms with Crippen molar-refractivity contribution in [1.29, 1.82) is 0 Å². The summed E-state index contributed by atoms with van der Waals surface area (Å²) in [5, 5.41) is 18.1. The Morgan fingerprint density at radius 3 is 2.62 bits per heavy atom. The minimum atomic E-state index is -1.45. The van der Waals surface area contributed by atoms with Crippen LogP contribution >= 0.6 is 11.6 Å². The van der Waals surface area contributed by atoms with Gasteiger partial charge in [0.05, 0.1) is 56.1 Å². The van der Waals surface area contributed by atoms with Crippen LogP contribution in [0.25, 0.3) is 0 Å². The van der Waals surface area contributed by atoms with Gasteiger partial charge < -0.3 is 25.0 Å². The van der Waals surface area contributed by atoms with Crippen molar-refractivity contribution in [2.24, 2.45) is 7.05 Å². The van der Waals surface area contributed by atoms with Crippen LogP contribution in [0, 0.1) is 0 Å². The number of benzene rings is 1. The van der Waals surface area contributed by atoms with Gasteiger partial charge in [0, 0.05) is 18.3 Å². The normalized spacial score (nSPS) is 15.1. The largest absolute Gasteiger partial charge is 0.545 e. The lowest BCUT2D eigenvalue weighted by molar-refractivity contribution is -0.880. The van der Waals surface area contributed by atoms with Crippen LogP contribution in [0.5, 0.6) is 0 Å². The van der Waals surface area contributed by atoms with Crippen molar-refractivity contribution in [3.63, 3.8) is 0 Å². The van der Waals surface area contributed by atoms with E-state index < -0.39 is 11.9 Å². The van der Waals surface area contributed by atoms with Gasteiger partial charge in [-0.2, -0.15) is 5.10 Å². The summed E-state index contributed by atoms with van der Waals surface area (Å²) >= 11 is 6.40. The van der Waals surface area contributed by atoms with Gasteiger partial charge in [-0.15, -0.1) is 0 Å². The SMILES string of the molecule is Cn1ncc(C(=O)[O-])c1C(=O)Nc1ccc(N2CC[NH+](C)CC2)c(Cl)c1. The molecule has 0 radical (unpaired) electrons. The number of carbonyl (C=O) groups excluding carboxylic acids is 2. The topological polar surface area (TPSA) is 94.7 Å². The molecule has 0 aliphatic carbocycles. The molecular weight excluding hydrogens is 358 g/mol. The van der Waals surface area contributed by atoms with Crippen molar-refractivity contribution in [3.8, 4) is 0 Å². The highest BCUT2D eigenvalue weighted by molar-refractivity contribution is 6.33. The summed E-state index contributed by atoms with van der Waals surface area (Å²) in [6, 6.07) is 5.27. The number of rotatable bonds is 4. The van der Waals surface area contributed by atoms with Crippen molar-refractivity contribution in [1.82, 2.24) is 9.78 Å². The summed E-state index contributed by atoms with van der Waals surface area (Å²) in [4.78, 5) is 27.3. The molecule has 138 valence electrons. The molecule has 2 N–H and O–H groups in total. The molecule has 26 heavy (non-hydrogen) atoms. The second-order valence-electron chi connectivity index (χ2n) is 6.38. The number of carbonyl (C=O) groups is 2. The van der Waals surface area contributed by atoms with Crippen LogP contribution in [0.2, 0.25) is 5.02 Å². The molecule has 0 saturated carbocycles. The summed E-state index contributed by atoms with van der Waals surface area (Å²) in [5.74, 6) is -2.04. The lowest BCUT2D eigenvalue weighted by Gasteiger charge is -2.32. The second kappa shape index (κ2) is 7.35. The van der Waals surface area contributed by atoms with E-state index in [1.165, 1.54) is 16.6 Å². The molecule has 0 bridgehead atoms. The molecular formula is C17H20ClN5O3. The van der Waals surface area contributed by atoms with Gasteiger partial charge in [0.1, 0.15) is 5.69 Å². The molecule has 3 rings (SSSR count). The lowest BCUT2D eigenvalue weighted by Crippen LogP contribution is -3.12. The van der Waals surface area contributed by atoms with Crippen LogP contribution < -0.4 is 20.2 Å². The fourth-order valence-electron chi connectivity index (χ4n) is 3.02. The van der Waals surface area contributed by atoms with E-state index in [0.29, 0.717) is 10.7 Å². The first-order valence-electron chi connectivity index (χ1n) is 8.27. The smallest absolute Gasteiger partial charge is 0.274 e. The number of aryl methyl sites for hydroxylation is 1. The number of carboxylic acid groups (broad SMARTS) is 1. The third-order valence-corrected chi connectivity index (χ3v) is 4.84. The minimum Gasteiger partial charge on any atom is -0.545 e. The van der Waals surface area contributed by atoms with E-state index in [9.17, 15) is 14.7 Å². The molecule has 0 spiro atoms. The Bertz CT molecular complexity index is 843. The monoisotopic (exact) mass is 377 g/mol. The zero-order chi connectivity index (χ0) is 18.8. The summed E-state index contributed by atoms with van der Waals surface area (Å²) in [6.45, 7) is 3.92. The number of aromatic carboxylic acids is 1. The fraction of sp³-hybridized carbons (Fsp3) is 0.353. The average Bonchev–Trinajstić information content (AvgIpc) is 2.98.